The van der Waals surface area contributed by atoms with Gasteiger partial charge in [0.1, 0.15) is 0 Å². The van der Waals surface area contributed by atoms with E-state index in [4.69, 9.17) is 9.47 Å². The van der Waals surface area contributed by atoms with Gasteiger partial charge in [0.2, 0.25) is 5.91 Å². The number of fused-ring (bicyclic) bond motifs is 1. The molecule has 2 heterocycles. The summed E-state index contributed by atoms with van der Waals surface area (Å²) in [4.78, 5) is 14.7. The van der Waals surface area contributed by atoms with Crippen molar-refractivity contribution in [3.63, 3.8) is 0 Å². The van der Waals surface area contributed by atoms with E-state index in [-0.39, 0.29) is 12.0 Å². The van der Waals surface area contributed by atoms with E-state index in [1.165, 1.54) is 18.4 Å². The molecule has 0 radical (unpaired) electrons. The SMILES string of the molecule is Cc1ccccc1CC(=O)N1C[C@H]2[C@@H](CCOCC3CC3)CO[C@H]2C1. The number of carbonyl (C=O) groups is 1. The lowest BCUT2D eigenvalue weighted by Crippen LogP contribution is -2.32. The van der Waals surface area contributed by atoms with E-state index in [0.717, 1.165) is 50.8 Å². The molecule has 0 unspecified atom stereocenters. The highest BCUT2D eigenvalue weighted by Gasteiger charge is 2.44. The number of aryl methyl sites for hydroxylation is 1. The summed E-state index contributed by atoms with van der Waals surface area (Å²) in [7, 11) is 0. The Kier molecular flexibility index (Phi) is 5.09. The van der Waals surface area contributed by atoms with E-state index >= 15 is 0 Å². The fourth-order valence-corrected chi connectivity index (χ4v) is 4.15. The third-order valence-corrected chi connectivity index (χ3v) is 6.08. The number of benzene rings is 1. The van der Waals surface area contributed by atoms with Crippen LogP contribution in [0, 0.1) is 24.7 Å². The fourth-order valence-electron chi connectivity index (χ4n) is 4.15. The highest BCUT2D eigenvalue weighted by molar-refractivity contribution is 5.79. The van der Waals surface area contributed by atoms with Crippen molar-refractivity contribution in [2.24, 2.45) is 17.8 Å². The Morgan fingerprint density at radius 2 is 2.12 bits per heavy atom. The molecule has 25 heavy (non-hydrogen) atoms. The predicted molar refractivity (Wildman–Crippen MR) is 96.3 cm³/mol. The maximum atomic E-state index is 12.7. The normalized spacial score (nSPS) is 28.4. The second kappa shape index (κ2) is 7.46. The van der Waals surface area contributed by atoms with Gasteiger partial charge in [-0.15, -0.1) is 0 Å². The zero-order valence-corrected chi connectivity index (χ0v) is 15.2. The minimum Gasteiger partial charge on any atom is -0.381 e. The second-order valence-corrected chi connectivity index (χ2v) is 8.00. The van der Waals surface area contributed by atoms with Gasteiger partial charge < -0.3 is 14.4 Å². The van der Waals surface area contributed by atoms with Gasteiger partial charge >= 0.3 is 0 Å². The largest absolute Gasteiger partial charge is 0.381 e. The van der Waals surface area contributed by atoms with Gasteiger partial charge in [-0.2, -0.15) is 0 Å². The minimum absolute atomic E-state index is 0.231. The molecule has 136 valence electrons. The van der Waals surface area contributed by atoms with Crippen molar-refractivity contribution in [3.05, 3.63) is 35.4 Å². The zero-order valence-electron chi connectivity index (χ0n) is 15.2. The van der Waals surface area contributed by atoms with Crippen LogP contribution in [0.15, 0.2) is 24.3 Å². The molecule has 2 saturated heterocycles. The quantitative estimate of drug-likeness (QED) is 0.715. The average molecular weight is 343 g/mol. The minimum atomic E-state index is 0.231. The van der Waals surface area contributed by atoms with Gasteiger partial charge in [0, 0.05) is 32.2 Å². The highest BCUT2D eigenvalue weighted by Crippen LogP contribution is 2.36. The van der Waals surface area contributed by atoms with E-state index < -0.39 is 0 Å². The number of rotatable bonds is 7. The lowest BCUT2D eigenvalue weighted by molar-refractivity contribution is -0.130. The Morgan fingerprint density at radius 3 is 2.92 bits per heavy atom. The lowest BCUT2D eigenvalue weighted by atomic mass is 9.91. The summed E-state index contributed by atoms with van der Waals surface area (Å²) < 4.78 is 11.8. The standard InChI is InChI=1S/C21H29NO3/c1-15-4-2-3-5-17(15)10-21(23)22-11-19-18(14-25-20(19)12-22)8-9-24-13-16-6-7-16/h2-5,16,18-20H,6-14H2,1H3/t18-,19-,20-/m0/s1. The second-order valence-electron chi connectivity index (χ2n) is 8.00. The third-order valence-electron chi connectivity index (χ3n) is 6.08. The van der Waals surface area contributed by atoms with Gasteiger partial charge in [-0.25, -0.2) is 0 Å². The molecule has 4 rings (SSSR count). The van der Waals surface area contributed by atoms with Gasteiger partial charge in [0.25, 0.3) is 0 Å². The number of hydrogen-bond donors (Lipinski definition) is 0. The van der Waals surface area contributed by atoms with Crippen molar-refractivity contribution >= 4 is 5.91 Å². The van der Waals surface area contributed by atoms with Crippen molar-refractivity contribution in [1.82, 2.24) is 4.90 Å². The number of ether oxygens (including phenoxy) is 2. The number of hydrogen-bond acceptors (Lipinski definition) is 3. The van der Waals surface area contributed by atoms with Crippen LogP contribution in [0.25, 0.3) is 0 Å². The molecule has 0 spiro atoms. The van der Waals surface area contributed by atoms with Crippen molar-refractivity contribution < 1.29 is 14.3 Å². The van der Waals surface area contributed by atoms with Crippen LogP contribution in [0.2, 0.25) is 0 Å². The van der Waals surface area contributed by atoms with Crippen molar-refractivity contribution in [1.29, 1.82) is 0 Å². The molecule has 4 nitrogen and oxygen atoms in total. The van der Waals surface area contributed by atoms with E-state index in [1.54, 1.807) is 0 Å². The Bertz CT molecular complexity index is 613. The van der Waals surface area contributed by atoms with Crippen LogP contribution in [-0.2, 0) is 20.7 Å². The van der Waals surface area contributed by atoms with Crippen LogP contribution >= 0.6 is 0 Å². The summed E-state index contributed by atoms with van der Waals surface area (Å²) >= 11 is 0. The molecule has 0 bridgehead atoms. The Hall–Kier alpha value is -1.39. The Morgan fingerprint density at radius 1 is 1.28 bits per heavy atom. The Balaban J connectivity index is 1.26. The third kappa shape index (κ3) is 4.06. The molecule has 4 heteroatoms. The molecule has 1 saturated carbocycles. The summed E-state index contributed by atoms with van der Waals surface area (Å²) in [6, 6.07) is 8.16. The van der Waals surface area contributed by atoms with E-state index in [9.17, 15) is 4.79 Å². The van der Waals surface area contributed by atoms with Crippen molar-refractivity contribution in [2.75, 3.05) is 32.9 Å². The van der Waals surface area contributed by atoms with E-state index in [2.05, 4.69) is 19.1 Å². The van der Waals surface area contributed by atoms with Crippen molar-refractivity contribution in [3.8, 4) is 0 Å². The fraction of sp³-hybridized carbons (Fsp3) is 0.667. The van der Waals surface area contributed by atoms with Crippen molar-refractivity contribution in [2.45, 2.75) is 38.7 Å². The molecule has 3 fully saturated rings. The van der Waals surface area contributed by atoms with Crippen LogP contribution < -0.4 is 0 Å². The maximum Gasteiger partial charge on any atom is 0.227 e. The van der Waals surface area contributed by atoms with Gasteiger partial charge in [-0.05, 0) is 49.1 Å². The molecule has 0 aromatic heterocycles. The summed E-state index contributed by atoms with van der Waals surface area (Å²) in [5, 5.41) is 0. The van der Waals surface area contributed by atoms with Gasteiger partial charge in [-0.3, -0.25) is 4.79 Å². The molecule has 1 aliphatic carbocycles. The monoisotopic (exact) mass is 343 g/mol. The van der Waals surface area contributed by atoms with Crippen LogP contribution in [0.4, 0.5) is 0 Å². The van der Waals surface area contributed by atoms with Crippen LogP contribution in [0.1, 0.15) is 30.4 Å². The summed E-state index contributed by atoms with van der Waals surface area (Å²) in [6.07, 6.45) is 4.48. The Labute approximate surface area is 150 Å². The topological polar surface area (TPSA) is 38.8 Å². The first kappa shape index (κ1) is 17.0. The highest BCUT2D eigenvalue weighted by atomic mass is 16.5. The maximum absolute atomic E-state index is 12.7. The van der Waals surface area contributed by atoms with E-state index in [0.29, 0.717) is 18.3 Å². The van der Waals surface area contributed by atoms with E-state index in [1.807, 2.05) is 17.0 Å². The lowest BCUT2D eigenvalue weighted by Gasteiger charge is -2.20. The van der Waals surface area contributed by atoms with Gasteiger partial charge in [-0.1, -0.05) is 24.3 Å². The van der Waals surface area contributed by atoms with Gasteiger partial charge in [0.05, 0.1) is 19.1 Å². The molecule has 1 aromatic rings. The smallest absolute Gasteiger partial charge is 0.227 e. The first-order valence-electron chi connectivity index (χ1n) is 9.72. The predicted octanol–water partition coefficient (Wildman–Crippen LogP) is 2.83. The van der Waals surface area contributed by atoms with Crippen LogP contribution in [0.5, 0.6) is 0 Å². The summed E-state index contributed by atoms with van der Waals surface area (Å²) in [5.74, 6) is 2.09. The molecular formula is C21H29NO3. The summed E-state index contributed by atoms with van der Waals surface area (Å²) in [5.41, 5.74) is 2.33. The molecular weight excluding hydrogens is 314 g/mol. The number of likely N-dealkylation sites (tertiary alicyclic amines) is 1. The molecule has 1 aromatic carbocycles. The number of carbonyl (C=O) groups excluding carboxylic acids is 1. The average Bonchev–Trinajstić information content (AvgIpc) is 3.21. The molecule has 3 aliphatic rings. The first-order chi connectivity index (χ1) is 12.2. The summed E-state index contributed by atoms with van der Waals surface area (Å²) in [6.45, 7) is 6.29. The first-order valence-corrected chi connectivity index (χ1v) is 9.72. The molecule has 1 amide bonds. The van der Waals surface area contributed by atoms with Crippen LogP contribution in [0.3, 0.4) is 0 Å². The van der Waals surface area contributed by atoms with Gasteiger partial charge in [0.15, 0.2) is 0 Å². The molecule has 0 N–H and O–H groups in total. The molecule has 2 aliphatic heterocycles. The number of amides is 1. The molecule has 3 atom stereocenters. The number of nitrogens with zero attached hydrogens (tertiary/aromatic N) is 1. The zero-order chi connectivity index (χ0) is 17.2. The van der Waals surface area contributed by atoms with Crippen LogP contribution in [-0.4, -0.2) is 49.8 Å².